The van der Waals surface area contributed by atoms with Gasteiger partial charge in [0, 0.05) is 31.9 Å². The fourth-order valence-corrected chi connectivity index (χ4v) is 2.88. The van der Waals surface area contributed by atoms with Crippen molar-refractivity contribution in [3.05, 3.63) is 60.2 Å². The van der Waals surface area contributed by atoms with Crippen LogP contribution in [0.2, 0.25) is 0 Å². The number of esters is 1. The van der Waals surface area contributed by atoms with Gasteiger partial charge in [-0.05, 0) is 36.4 Å². The zero-order valence-corrected chi connectivity index (χ0v) is 14.8. The van der Waals surface area contributed by atoms with E-state index in [1.165, 1.54) is 0 Å². The highest BCUT2D eigenvalue weighted by atomic mass is 16.5. The lowest BCUT2D eigenvalue weighted by atomic mass is 10.2. The molecule has 0 radical (unpaired) electrons. The first kappa shape index (κ1) is 17.8. The predicted molar refractivity (Wildman–Crippen MR) is 98.5 cm³/mol. The highest BCUT2D eigenvalue weighted by Gasteiger charge is 2.22. The van der Waals surface area contributed by atoms with Crippen molar-refractivity contribution in [1.82, 2.24) is 4.90 Å². The largest absolute Gasteiger partial charge is 0.497 e. The molecular formula is C20H22N2O4. The first-order valence-electron chi connectivity index (χ1n) is 8.56. The van der Waals surface area contributed by atoms with Gasteiger partial charge in [-0.25, -0.2) is 4.79 Å². The molecule has 6 nitrogen and oxygen atoms in total. The predicted octanol–water partition coefficient (Wildman–Crippen LogP) is 2.20. The summed E-state index contributed by atoms with van der Waals surface area (Å²) in [4.78, 5) is 28.1. The molecule has 0 N–H and O–H groups in total. The number of anilines is 1. The normalized spacial score (nSPS) is 14.0. The van der Waals surface area contributed by atoms with Crippen LogP contribution in [0.3, 0.4) is 0 Å². The standard InChI is InChI=1S/C20H22N2O4/c1-25-18-9-7-17(8-10-18)21-11-13-22(14-12-21)19(23)15-26-20(24)16-5-3-2-4-6-16/h2-10H,11-15H2,1H3. The van der Waals surface area contributed by atoms with Crippen LogP contribution >= 0.6 is 0 Å². The molecule has 136 valence electrons. The second-order valence-electron chi connectivity index (χ2n) is 6.01. The molecule has 1 amide bonds. The van der Waals surface area contributed by atoms with Crippen LogP contribution in [-0.2, 0) is 9.53 Å². The van der Waals surface area contributed by atoms with Crippen molar-refractivity contribution in [3.63, 3.8) is 0 Å². The summed E-state index contributed by atoms with van der Waals surface area (Å²) in [5.74, 6) is 0.183. The van der Waals surface area contributed by atoms with Crippen LogP contribution in [0.5, 0.6) is 5.75 Å². The van der Waals surface area contributed by atoms with E-state index in [2.05, 4.69) is 4.90 Å². The first-order chi connectivity index (χ1) is 12.7. The van der Waals surface area contributed by atoms with Crippen LogP contribution in [0.4, 0.5) is 5.69 Å². The van der Waals surface area contributed by atoms with Crippen molar-refractivity contribution in [2.24, 2.45) is 0 Å². The molecule has 0 saturated carbocycles. The number of nitrogens with zero attached hydrogens (tertiary/aromatic N) is 2. The molecule has 0 bridgehead atoms. The molecule has 0 aliphatic carbocycles. The lowest BCUT2D eigenvalue weighted by Gasteiger charge is -2.36. The Hall–Kier alpha value is -3.02. The molecule has 2 aromatic carbocycles. The van der Waals surface area contributed by atoms with E-state index >= 15 is 0 Å². The van der Waals surface area contributed by atoms with Crippen LogP contribution < -0.4 is 9.64 Å². The molecule has 0 spiro atoms. The number of amides is 1. The van der Waals surface area contributed by atoms with Gasteiger partial charge < -0.3 is 19.3 Å². The number of carbonyl (C=O) groups is 2. The minimum Gasteiger partial charge on any atom is -0.497 e. The average Bonchev–Trinajstić information content (AvgIpc) is 2.72. The molecule has 2 aromatic rings. The molecule has 1 aliphatic rings. The Morgan fingerprint density at radius 2 is 1.58 bits per heavy atom. The molecular weight excluding hydrogens is 332 g/mol. The topological polar surface area (TPSA) is 59.1 Å². The van der Waals surface area contributed by atoms with Crippen molar-refractivity contribution >= 4 is 17.6 Å². The van der Waals surface area contributed by atoms with E-state index in [0.29, 0.717) is 18.7 Å². The molecule has 1 heterocycles. The number of hydrogen-bond donors (Lipinski definition) is 0. The highest BCUT2D eigenvalue weighted by Crippen LogP contribution is 2.20. The van der Waals surface area contributed by atoms with Crippen molar-refractivity contribution < 1.29 is 19.1 Å². The molecule has 26 heavy (non-hydrogen) atoms. The Labute approximate surface area is 152 Å². The molecule has 3 rings (SSSR count). The molecule has 0 unspecified atom stereocenters. The molecule has 0 atom stereocenters. The molecule has 1 aliphatic heterocycles. The van der Waals surface area contributed by atoms with Gasteiger partial charge in [0.2, 0.25) is 0 Å². The second-order valence-corrected chi connectivity index (χ2v) is 6.01. The lowest BCUT2D eigenvalue weighted by molar-refractivity contribution is -0.134. The summed E-state index contributed by atoms with van der Waals surface area (Å²) in [6.45, 7) is 2.47. The highest BCUT2D eigenvalue weighted by molar-refractivity contribution is 5.91. The van der Waals surface area contributed by atoms with E-state index in [4.69, 9.17) is 9.47 Å². The van der Waals surface area contributed by atoms with Crippen molar-refractivity contribution in [2.75, 3.05) is 44.8 Å². The molecule has 6 heteroatoms. The Bertz CT molecular complexity index is 738. The first-order valence-corrected chi connectivity index (χ1v) is 8.56. The van der Waals surface area contributed by atoms with Gasteiger partial charge in [-0.15, -0.1) is 0 Å². The summed E-state index contributed by atoms with van der Waals surface area (Å²) in [6, 6.07) is 16.6. The zero-order chi connectivity index (χ0) is 18.4. The Balaban J connectivity index is 1.46. The summed E-state index contributed by atoms with van der Waals surface area (Å²) >= 11 is 0. The number of methoxy groups -OCH3 is 1. The summed E-state index contributed by atoms with van der Waals surface area (Å²) in [6.07, 6.45) is 0. The Morgan fingerprint density at radius 3 is 2.19 bits per heavy atom. The van der Waals surface area contributed by atoms with E-state index in [0.717, 1.165) is 24.5 Å². The summed E-state index contributed by atoms with van der Waals surface area (Å²) in [5.41, 5.74) is 1.55. The second kappa shape index (κ2) is 8.38. The number of ether oxygens (including phenoxy) is 2. The number of carbonyl (C=O) groups excluding carboxylic acids is 2. The summed E-state index contributed by atoms with van der Waals surface area (Å²) in [7, 11) is 1.64. The minimum absolute atomic E-state index is 0.163. The summed E-state index contributed by atoms with van der Waals surface area (Å²) in [5, 5.41) is 0. The SMILES string of the molecule is COc1ccc(N2CCN(C(=O)COC(=O)c3ccccc3)CC2)cc1. The van der Waals surface area contributed by atoms with Crippen LogP contribution in [0.25, 0.3) is 0 Å². The van der Waals surface area contributed by atoms with Gasteiger partial charge >= 0.3 is 5.97 Å². The van der Waals surface area contributed by atoms with Crippen LogP contribution in [0, 0.1) is 0 Å². The summed E-state index contributed by atoms with van der Waals surface area (Å²) < 4.78 is 10.3. The molecule has 0 aromatic heterocycles. The van der Waals surface area contributed by atoms with Crippen LogP contribution in [-0.4, -0.2) is 56.7 Å². The number of rotatable bonds is 5. The Kier molecular flexibility index (Phi) is 5.73. The Morgan fingerprint density at radius 1 is 0.923 bits per heavy atom. The quantitative estimate of drug-likeness (QED) is 0.771. The monoisotopic (exact) mass is 354 g/mol. The number of piperazine rings is 1. The third-order valence-corrected chi connectivity index (χ3v) is 4.41. The van der Waals surface area contributed by atoms with E-state index in [-0.39, 0.29) is 12.5 Å². The van der Waals surface area contributed by atoms with E-state index in [9.17, 15) is 9.59 Å². The number of hydrogen-bond acceptors (Lipinski definition) is 5. The molecule has 1 saturated heterocycles. The van der Waals surface area contributed by atoms with Crippen molar-refractivity contribution in [3.8, 4) is 5.75 Å². The van der Waals surface area contributed by atoms with Gasteiger partial charge in [-0.2, -0.15) is 0 Å². The van der Waals surface area contributed by atoms with Gasteiger partial charge in [-0.3, -0.25) is 4.79 Å². The van der Waals surface area contributed by atoms with Crippen LogP contribution in [0.1, 0.15) is 10.4 Å². The maximum atomic E-state index is 12.3. The van der Waals surface area contributed by atoms with E-state index < -0.39 is 5.97 Å². The third-order valence-electron chi connectivity index (χ3n) is 4.41. The van der Waals surface area contributed by atoms with E-state index in [1.807, 2.05) is 30.3 Å². The third kappa shape index (κ3) is 4.33. The average molecular weight is 354 g/mol. The van der Waals surface area contributed by atoms with Gasteiger partial charge in [0.1, 0.15) is 5.75 Å². The lowest BCUT2D eigenvalue weighted by Crippen LogP contribution is -2.49. The number of benzene rings is 2. The van der Waals surface area contributed by atoms with Gasteiger partial charge in [0.15, 0.2) is 6.61 Å². The molecule has 1 fully saturated rings. The maximum Gasteiger partial charge on any atom is 0.338 e. The smallest absolute Gasteiger partial charge is 0.338 e. The fourth-order valence-electron chi connectivity index (χ4n) is 2.88. The van der Waals surface area contributed by atoms with Crippen LogP contribution in [0.15, 0.2) is 54.6 Å². The minimum atomic E-state index is -0.476. The zero-order valence-electron chi connectivity index (χ0n) is 14.8. The van der Waals surface area contributed by atoms with E-state index in [1.54, 1.807) is 36.3 Å². The fraction of sp³-hybridized carbons (Fsp3) is 0.300. The van der Waals surface area contributed by atoms with Gasteiger partial charge in [-0.1, -0.05) is 18.2 Å². The van der Waals surface area contributed by atoms with Gasteiger partial charge in [0.05, 0.1) is 12.7 Å². The van der Waals surface area contributed by atoms with Gasteiger partial charge in [0.25, 0.3) is 5.91 Å². The maximum absolute atomic E-state index is 12.3. The van der Waals surface area contributed by atoms with Crippen molar-refractivity contribution in [2.45, 2.75) is 0 Å². The van der Waals surface area contributed by atoms with Crippen molar-refractivity contribution in [1.29, 1.82) is 0 Å².